The molecule has 0 atom stereocenters. The second-order valence-electron chi connectivity index (χ2n) is 6.35. The number of aromatic nitrogens is 1. The van der Waals surface area contributed by atoms with Crippen LogP contribution in [0.15, 0.2) is 81.8 Å². The summed E-state index contributed by atoms with van der Waals surface area (Å²) in [5, 5.41) is 2.31. The molecule has 0 saturated carbocycles. The van der Waals surface area contributed by atoms with Crippen LogP contribution < -0.4 is 11.1 Å². The Bertz CT molecular complexity index is 1200. The molecule has 0 aliphatic rings. The van der Waals surface area contributed by atoms with Gasteiger partial charge in [0.15, 0.2) is 5.96 Å². The van der Waals surface area contributed by atoms with Gasteiger partial charge in [-0.15, -0.1) is 0 Å². The van der Waals surface area contributed by atoms with Gasteiger partial charge in [-0.3, -0.25) is 4.98 Å². The van der Waals surface area contributed by atoms with E-state index < -0.39 is 31.5 Å². The van der Waals surface area contributed by atoms with Crippen LogP contribution in [-0.2, 0) is 22.6 Å². The molecule has 162 valence electrons. The quantitative estimate of drug-likeness (QED) is 0.424. The Morgan fingerprint density at radius 1 is 1.03 bits per heavy atom. The first kappa shape index (κ1) is 22.6. The molecule has 0 radical (unpaired) electrons. The molecule has 0 aliphatic heterocycles. The van der Waals surface area contributed by atoms with E-state index in [2.05, 4.69) is 15.3 Å². The molecule has 2 aromatic carbocycles. The largest absolute Gasteiger partial charge is 0.417 e. The van der Waals surface area contributed by atoms with Gasteiger partial charge in [0, 0.05) is 18.1 Å². The number of benzene rings is 2. The number of rotatable bonds is 5. The van der Waals surface area contributed by atoms with Gasteiger partial charge in [-0.2, -0.15) is 13.2 Å². The van der Waals surface area contributed by atoms with Crippen LogP contribution in [0.3, 0.4) is 0 Å². The standard InChI is InChI=1S/C20H16ClF3N4O2S/c21-18-6-5-16(11-17(18)20(22,23)24)31(29,30)15-3-1-13(2-4-15)12-27-19(25)28-14-7-9-26-10-8-14/h1-11H,12H2,(H3,25,26,27,28). The van der Waals surface area contributed by atoms with E-state index in [0.717, 1.165) is 12.1 Å². The molecule has 31 heavy (non-hydrogen) atoms. The lowest BCUT2D eigenvalue weighted by Gasteiger charge is -2.11. The Morgan fingerprint density at radius 3 is 2.26 bits per heavy atom. The number of sulfone groups is 1. The van der Waals surface area contributed by atoms with Crippen LogP contribution in [0.4, 0.5) is 18.9 Å². The van der Waals surface area contributed by atoms with Gasteiger partial charge in [0.25, 0.3) is 0 Å². The molecule has 1 aromatic heterocycles. The van der Waals surface area contributed by atoms with Crippen molar-refractivity contribution in [2.45, 2.75) is 22.5 Å². The molecule has 0 fully saturated rings. The van der Waals surface area contributed by atoms with Gasteiger partial charge < -0.3 is 11.1 Å². The molecule has 3 aromatic rings. The fraction of sp³-hybridized carbons (Fsp3) is 0.100. The second kappa shape index (κ2) is 8.94. The maximum atomic E-state index is 13.0. The third-order valence-electron chi connectivity index (χ3n) is 4.17. The molecule has 0 aliphatic carbocycles. The minimum atomic E-state index is -4.77. The predicted molar refractivity (Wildman–Crippen MR) is 112 cm³/mol. The lowest BCUT2D eigenvalue weighted by molar-refractivity contribution is -0.137. The molecular formula is C20H16ClF3N4O2S. The van der Waals surface area contributed by atoms with Crippen LogP contribution >= 0.6 is 11.6 Å². The maximum absolute atomic E-state index is 13.0. The van der Waals surface area contributed by atoms with E-state index in [1.807, 2.05) is 0 Å². The van der Waals surface area contributed by atoms with E-state index in [1.165, 1.54) is 24.3 Å². The summed E-state index contributed by atoms with van der Waals surface area (Å²) in [7, 11) is -4.16. The first-order valence-electron chi connectivity index (χ1n) is 8.75. The van der Waals surface area contributed by atoms with Crippen LogP contribution in [0.1, 0.15) is 11.1 Å². The molecular weight excluding hydrogens is 453 g/mol. The Kier molecular flexibility index (Phi) is 6.51. The number of hydrogen-bond acceptors (Lipinski definition) is 4. The summed E-state index contributed by atoms with van der Waals surface area (Å²) in [5.74, 6) is 0.156. The Balaban J connectivity index is 1.77. The van der Waals surface area contributed by atoms with E-state index in [4.69, 9.17) is 17.3 Å². The summed E-state index contributed by atoms with van der Waals surface area (Å²) in [5.41, 5.74) is 5.97. The van der Waals surface area contributed by atoms with Crippen LogP contribution in [0.5, 0.6) is 0 Å². The molecule has 0 spiro atoms. The van der Waals surface area contributed by atoms with E-state index in [1.54, 1.807) is 24.5 Å². The molecule has 1 heterocycles. The average Bonchev–Trinajstić information content (AvgIpc) is 2.72. The van der Waals surface area contributed by atoms with Crippen LogP contribution in [0.25, 0.3) is 0 Å². The zero-order valence-corrected chi connectivity index (χ0v) is 17.3. The number of halogens is 4. The summed E-state index contributed by atoms with van der Waals surface area (Å²) >= 11 is 5.56. The van der Waals surface area contributed by atoms with Crippen LogP contribution in [-0.4, -0.2) is 19.4 Å². The van der Waals surface area contributed by atoms with E-state index >= 15 is 0 Å². The number of aliphatic imine (C=N–C) groups is 1. The van der Waals surface area contributed by atoms with E-state index in [0.29, 0.717) is 17.3 Å². The zero-order chi connectivity index (χ0) is 22.6. The number of alkyl halides is 3. The normalized spacial score (nSPS) is 12.6. The summed E-state index contributed by atoms with van der Waals surface area (Å²) in [6, 6.07) is 11.5. The zero-order valence-electron chi connectivity index (χ0n) is 15.8. The third kappa shape index (κ3) is 5.53. The van der Waals surface area contributed by atoms with Crippen molar-refractivity contribution >= 4 is 33.1 Å². The number of nitrogens with one attached hydrogen (secondary N) is 1. The molecule has 0 unspecified atom stereocenters. The Hall–Kier alpha value is -3.11. The van der Waals surface area contributed by atoms with Gasteiger partial charge in [-0.1, -0.05) is 23.7 Å². The molecule has 3 rings (SSSR count). The lowest BCUT2D eigenvalue weighted by Crippen LogP contribution is -2.22. The minimum absolute atomic E-state index is 0.154. The number of pyridine rings is 1. The highest BCUT2D eigenvalue weighted by molar-refractivity contribution is 7.91. The van der Waals surface area contributed by atoms with E-state index in [-0.39, 0.29) is 17.4 Å². The summed E-state index contributed by atoms with van der Waals surface area (Å²) in [6.45, 7) is 0.170. The molecule has 0 bridgehead atoms. The van der Waals surface area contributed by atoms with Crippen molar-refractivity contribution in [3.05, 3.63) is 83.1 Å². The summed E-state index contributed by atoms with van der Waals surface area (Å²) < 4.78 is 64.6. The van der Waals surface area contributed by atoms with Crippen molar-refractivity contribution in [1.82, 2.24) is 4.98 Å². The van der Waals surface area contributed by atoms with Crippen molar-refractivity contribution in [3.63, 3.8) is 0 Å². The van der Waals surface area contributed by atoms with Gasteiger partial charge in [-0.25, -0.2) is 13.4 Å². The topological polar surface area (TPSA) is 97.4 Å². The van der Waals surface area contributed by atoms with Crippen molar-refractivity contribution in [2.24, 2.45) is 10.7 Å². The van der Waals surface area contributed by atoms with Crippen LogP contribution in [0, 0.1) is 0 Å². The monoisotopic (exact) mass is 468 g/mol. The lowest BCUT2D eigenvalue weighted by atomic mass is 10.2. The first-order valence-corrected chi connectivity index (χ1v) is 10.6. The van der Waals surface area contributed by atoms with Gasteiger partial charge in [0.05, 0.1) is 26.9 Å². The molecule has 0 saturated heterocycles. The fourth-order valence-corrected chi connectivity index (χ4v) is 4.11. The van der Waals surface area contributed by atoms with Gasteiger partial charge in [-0.05, 0) is 48.0 Å². The molecule has 11 heteroatoms. The van der Waals surface area contributed by atoms with Crippen molar-refractivity contribution in [3.8, 4) is 0 Å². The number of nitrogens with two attached hydrogens (primary N) is 1. The number of guanidine groups is 1. The summed E-state index contributed by atoms with van der Waals surface area (Å²) in [4.78, 5) is 7.39. The molecule has 6 nitrogen and oxygen atoms in total. The van der Waals surface area contributed by atoms with Gasteiger partial charge in [0.2, 0.25) is 9.84 Å². The van der Waals surface area contributed by atoms with Gasteiger partial charge >= 0.3 is 6.18 Å². The smallest absolute Gasteiger partial charge is 0.370 e. The SMILES string of the molecule is NC(=NCc1ccc(S(=O)(=O)c2ccc(Cl)c(C(F)(F)F)c2)cc1)Nc1ccncc1. The van der Waals surface area contributed by atoms with E-state index in [9.17, 15) is 21.6 Å². The average molecular weight is 469 g/mol. The number of nitrogens with zero attached hydrogens (tertiary/aromatic N) is 2. The number of hydrogen-bond donors (Lipinski definition) is 2. The molecule has 0 amide bonds. The molecule has 3 N–H and O–H groups in total. The minimum Gasteiger partial charge on any atom is -0.370 e. The van der Waals surface area contributed by atoms with Crippen molar-refractivity contribution in [1.29, 1.82) is 0 Å². The maximum Gasteiger partial charge on any atom is 0.417 e. The third-order valence-corrected chi connectivity index (χ3v) is 6.27. The Labute approximate surface area is 181 Å². The highest BCUT2D eigenvalue weighted by Gasteiger charge is 2.34. The summed E-state index contributed by atoms with van der Waals surface area (Å²) in [6.07, 6.45) is -1.59. The van der Waals surface area contributed by atoms with Crippen LogP contribution in [0.2, 0.25) is 5.02 Å². The number of anilines is 1. The highest BCUT2D eigenvalue weighted by atomic mass is 35.5. The van der Waals surface area contributed by atoms with Gasteiger partial charge in [0.1, 0.15) is 0 Å². The fourth-order valence-electron chi connectivity index (χ4n) is 2.60. The highest BCUT2D eigenvalue weighted by Crippen LogP contribution is 2.36. The Morgan fingerprint density at radius 2 is 1.65 bits per heavy atom. The van der Waals surface area contributed by atoms with Crippen molar-refractivity contribution in [2.75, 3.05) is 5.32 Å². The second-order valence-corrected chi connectivity index (χ2v) is 8.71. The van der Waals surface area contributed by atoms with Crippen molar-refractivity contribution < 1.29 is 21.6 Å². The first-order chi connectivity index (χ1) is 14.6. The predicted octanol–water partition coefficient (Wildman–Crippen LogP) is 4.51.